The summed E-state index contributed by atoms with van der Waals surface area (Å²) in [5.74, 6) is 0.616. The van der Waals surface area contributed by atoms with E-state index in [9.17, 15) is 0 Å². The number of rotatable bonds is 5. The lowest BCUT2D eigenvalue weighted by Crippen LogP contribution is -2.03. The topological polar surface area (TPSA) is 20.2 Å². The number of hydrogen-bond acceptors (Lipinski definition) is 1. The Hall–Kier alpha value is 0.430. The molecule has 0 aliphatic carbocycles. The highest BCUT2D eigenvalue weighted by Crippen LogP contribution is 2.15. The van der Waals surface area contributed by atoms with Gasteiger partial charge in [0.05, 0.1) is 0 Å². The van der Waals surface area contributed by atoms with E-state index < -0.39 is 0 Å². The van der Waals surface area contributed by atoms with Crippen molar-refractivity contribution in [1.82, 2.24) is 0 Å². The second-order valence-electron chi connectivity index (χ2n) is 2.64. The minimum Gasteiger partial charge on any atom is -0.383 e. The van der Waals surface area contributed by atoms with E-state index in [0.717, 1.165) is 19.3 Å². The van der Waals surface area contributed by atoms with Crippen molar-refractivity contribution >= 4 is 22.6 Å². The highest BCUT2D eigenvalue weighted by Gasteiger charge is 2.04. The van der Waals surface area contributed by atoms with E-state index >= 15 is 0 Å². The van der Waals surface area contributed by atoms with E-state index in [1.54, 1.807) is 0 Å². The second-order valence-corrected chi connectivity index (χ2v) is 4.08. The van der Waals surface area contributed by atoms with Crippen LogP contribution in [0.5, 0.6) is 0 Å². The Balaban J connectivity index is 3.24. The van der Waals surface area contributed by atoms with Crippen LogP contribution in [0.2, 0.25) is 0 Å². The third-order valence-electron chi connectivity index (χ3n) is 1.46. The lowest BCUT2D eigenvalue weighted by Gasteiger charge is -2.09. The molecule has 0 aromatic carbocycles. The maximum Gasteiger partial charge on any atom is 0.105 e. The van der Waals surface area contributed by atoms with Crippen molar-refractivity contribution < 1.29 is 5.11 Å². The molecule has 0 fully saturated rings. The van der Waals surface area contributed by atoms with Gasteiger partial charge in [0, 0.05) is 0 Å². The predicted octanol–water partition coefficient (Wildman–Crippen LogP) is 2.73. The molecule has 0 bridgehead atoms. The van der Waals surface area contributed by atoms with Gasteiger partial charge in [0.25, 0.3) is 0 Å². The first-order valence-electron chi connectivity index (χ1n) is 3.60. The summed E-state index contributed by atoms with van der Waals surface area (Å²) in [7, 11) is 0. The van der Waals surface area contributed by atoms with Crippen LogP contribution < -0.4 is 0 Å². The Morgan fingerprint density at radius 3 is 2.70 bits per heavy atom. The molecular formula is C8H15IO. The van der Waals surface area contributed by atoms with Crippen LogP contribution in [0.25, 0.3) is 0 Å². The number of hydrogen-bond donors (Lipinski definition) is 1. The summed E-state index contributed by atoms with van der Waals surface area (Å²) >= 11 is 2.04. The summed E-state index contributed by atoms with van der Waals surface area (Å²) in [6.07, 6.45) is 5.03. The zero-order valence-electron chi connectivity index (χ0n) is 6.39. The van der Waals surface area contributed by atoms with Gasteiger partial charge in [-0.1, -0.05) is 35.6 Å². The Morgan fingerprint density at radius 2 is 2.30 bits per heavy atom. The maximum absolute atomic E-state index is 8.98. The van der Waals surface area contributed by atoms with Gasteiger partial charge < -0.3 is 5.11 Å². The minimum absolute atomic E-state index is 0.183. The molecule has 0 aromatic rings. The lowest BCUT2D eigenvalue weighted by atomic mass is 10.0. The van der Waals surface area contributed by atoms with Gasteiger partial charge in [-0.25, -0.2) is 0 Å². The molecule has 0 saturated heterocycles. The molecule has 1 nitrogen and oxygen atoms in total. The van der Waals surface area contributed by atoms with Gasteiger partial charge in [0.15, 0.2) is 0 Å². The number of allylic oxidation sites excluding steroid dienone is 1. The Morgan fingerprint density at radius 1 is 1.70 bits per heavy atom. The fraction of sp³-hybridized carbons (Fsp3) is 0.750. The number of alkyl halides is 1. The first-order valence-corrected chi connectivity index (χ1v) is 4.84. The maximum atomic E-state index is 8.98. The van der Waals surface area contributed by atoms with Crippen LogP contribution in [0, 0.1) is 5.92 Å². The fourth-order valence-corrected chi connectivity index (χ4v) is 1.72. The van der Waals surface area contributed by atoms with E-state index in [1.165, 1.54) is 0 Å². The van der Waals surface area contributed by atoms with E-state index in [4.69, 9.17) is 5.11 Å². The van der Waals surface area contributed by atoms with Crippen LogP contribution in [0.15, 0.2) is 12.7 Å². The molecule has 0 aliphatic rings. The molecule has 0 aromatic heterocycles. The number of aliphatic hydroxyl groups excluding tert-OH is 1. The molecule has 0 aliphatic heterocycles. The van der Waals surface area contributed by atoms with Gasteiger partial charge in [-0.05, 0) is 25.2 Å². The van der Waals surface area contributed by atoms with Crippen LogP contribution in [-0.4, -0.2) is 9.22 Å². The number of aliphatic hydroxyl groups is 1. The summed E-state index contributed by atoms with van der Waals surface area (Å²) in [4.78, 5) is 0. The molecule has 0 amide bonds. The zero-order chi connectivity index (χ0) is 7.98. The molecule has 0 spiro atoms. The fourth-order valence-electron chi connectivity index (χ4n) is 0.852. The average molecular weight is 254 g/mol. The highest BCUT2D eigenvalue weighted by molar-refractivity contribution is 14.1. The van der Waals surface area contributed by atoms with Crippen molar-refractivity contribution in [3.63, 3.8) is 0 Å². The van der Waals surface area contributed by atoms with Crippen molar-refractivity contribution in [3.05, 3.63) is 12.7 Å². The molecule has 1 unspecified atom stereocenters. The molecule has 0 rings (SSSR count). The largest absolute Gasteiger partial charge is 0.383 e. The summed E-state index contributed by atoms with van der Waals surface area (Å²) in [6.45, 7) is 5.81. The van der Waals surface area contributed by atoms with Crippen LogP contribution in [-0.2, 0) is 0 Å². The molecule has 0 heterocycles. The van der Waals surface area contributed by atoms with Crippen molar-refractivity contribution in [1.29, 1.82) is 0 Å². The van der Waals surface area contributed by atoms with Gasteiger partial charge in [-0.2, -0.15) is 0 Å². The zero-order valence-corrected chi connectivity index (χ0v) is 8.54. The molecule has 0 radical (unpaired) electrons. The monoisotopic (exact) mass is 254 g/mol. The van der Waals surface area contributed by atoms with E-state index in [2.05, 4.69) is 13.5 Å². The first kappa shape index (κ1) is 10.4. The van der Waals surface area contributed by atoms with Crippen LogP contribution >= 0.6 is 22.6 Å². The third kappa shape index (κ3) is 6.55. The van der Waals surface area contributed by atoms with E-state index in [0.29, 0.717) is 5.92 Å². The molecular weight excluding hydrogens is 239 g/mol. The standard InChI is InChI=1S/C8H15IO/c1-3-4-5-7(2)6-8(9)10/h3,7-8,10H,1,4-6H2,2H3/t7?,8-/m1/s1. The Bertz CT molecular complexity index is 91.3. The third-order valence-corrected chi connectivity index (χ3v) is 1.97. The molecule has 1 N–H and O–H groups in total. The minimum atomic E-state index is -0.183. The van der Waals surface area contributed by atoms with Crippen LogP contribution in [0.1, 0.15) is 26.2 Å². The van der Waals surface area contributed by atoms with Crippen molar-refractivity contribution in [2.75, 3.05) is 0 Å². The highest BCUT2D eigenvalue weighted by atomic mass is 127. The van der Waals surface area contributed by atoms with Gasteiger partial charge in [0.1, 0.15) is 4.11 Å². The van der Waals surface area contributed by atoms with Gasteiger partial charge in [0.2, 0.25) is 0 Å². The molecule has 2 heteroatoms. The SMILES string of the molecule is C=CCCC(C)C[C@@H](O)I. The van der Waals surface area contributed by atoms with Crippen molar-refractivity contribution in [2.24, 2.45) is 5.92 Å². The van der Waals surface area contributed by atoms with Gasteiger partial charge in [-0.15, -0.1) is 6.58 Å². The molecule has 0 saturated carbocycles. The van der Waals surface area contributed by atoms with Gasteiger partial charge in [-0.3, -0.25) is 0 Å². The predicted molar refractivity (Wildman–Crippen MR) is 53.2 cm³/mol. The summed E-state index contributed by atoms with van der Waals surface area (Å²) in [5.41, 5.74) is 0. The summed E-state index contributed by atoms with van der Waals surface area (Å²) in [5, 5.41) is 8.98. The van der Waals surface area contributed by atoms with Crippen molar-refractivity contribution in [3.8, 4) is 0 Å². The number of halogens is 1. The molecule has 10 heavy (non-hydrogen) atoms. The quantitative estimate of drug-likeness (QED) is 0.454. The van der Waals surface area contributed by atoms with Crippen LogP contribution in [0.4, 0.5) is 0 Å². The lowest BCUT2D eigenvalue weighted by molar-refractivity contribution is 0.240. The molecule has 2 atom stereocenters. The van der Waals surface area contributed by atoms with Crippen molar-refractivity contribution in [2.45, 2.75) is 30.3 Å². The summed E-state index contributed by atoms with van der Waals surface area (Å²) in [6, 6.07) is 0. The second kappa shape index (κ2) is 6.16. The average Bonchev–Trinajstić information content (AvgIpc) is 1.82. The first-order chi connectivity index (χ1) is 4.66. The smallest absolute Gasteiger partial charge is 0.105 e. The van der Waals surface area contributed by atoms with E-state index in [-0.39, 0.29) is 4.11 Å². The Labute approximate surface area is 76.7 Å². The van der Waals surface area contributed by atoms with Gasteiger partial charge >= 0.3 is 0 Å². The summed E-state index contributed by atoms with van der Waals surface area (Å²) < 4.78 is -0.183. The van der Waals surface area contributed by atoms with Crippen LogP contribution in [0.3, 0.4) is 0 Å². The Kier molecular flexibility index (Phi) is 6.43. The van der Waals surface area contributed by atoms with E-state index in [1.807, 2.05) is 28.7 Å². The normalized spacial score (nSPS) is 16.3. The molecule has 60 valence electrons.